The fourth-order valence-corrected chi connectivity index (χ4v) is 2.80. The van der Waals surface area contributed by atoms with Gasteiger partial charge in [0.25, 0.3) is 0 Å². The molecular weight excluding hydrogens is 438 g/mol. The fraction of sp³-hybridized carbons (Fsp3) is 0.154. The molecular formula is C13H7Br2ClF3NO. The number of aliphatic hydroxyl groups is 1. The maximum atomic E-state index is 12.5. The van der Waals surface area contributed by atoms with Gasteiger partial charge in [-0.15, -0.1) is 0 Å². The van der Waals surface area contributed by atoms with Crippen LogP contribution in [0.15, 0.2) is 39.3 Å². The van der Waals surface area contributed by atoms with Gasteiger partial charge in [-0.1, -0.05) is 49.5 Å². The van der Waals surface area contributed by atoms with Crippen LogP contribution in [0.2, 0.25) is 5.15 Å². The maximum absolute atomic E-state index is 12.5. The first-order chi connectivity index (χ1) is 9.70. The minimum absolute atomic E-state index is 0.100. The van der Waals surface area contributed by atoms with Gasteiger partial charge in [-0.25, -0.2) is 4.98 Å². The molecule has 0 aliphatic heterocycles. The van der Waals surface area contributed by atoms with E-state index in [1.807, 2.05) is 0 Å². The van der Waals surface area contributed by atoms with E-state index in [4.69, 9.17) is 11.6 Å². The van der Waals surface area contributed by atoms with Crippen LogP contribution in [-0.2, 0) is 6.18 Å². The molecule has 8 heteroatoms. The van der Waals surface area contributed by atoms with E-state index in [2.05, 4.69) is 36.8 Å². The summed E-state index contributed by atoms with van der Waals surface area (Å²) in [5.41, 5.74) is -0.534. The fourth-order valence-electron chi connectivity index (χ4n) is 1.70. The molecule has 0 spiro atoms. The van der Waals surface area contributed by atoms with E-state index in [0.717, 1.165) is 16.6 Å². The summed E-state index contributed by atoms with van der Waals surface area (Å²) in [7, 11) is 0. The minimum Gasteiger partial charge on any atom is -0.384 e. The highest BCUT2D eigenvalue weighted by Gasteiger charge is 2.33. The van der Waals surface area contributed by atoms with Crippen molar-refractivity contribution in [3.63, 3.8) is 0 Å². The topological polar surface area (TPSA) is 33.1 Å². The summed E-state index contributed by atoms with van der Waals surface area (Å²) >= 11 is 12.3. The molecule has 1 heterocycles. The van der Waals surface area contributed by atoms with Crippen molar-refractivity contribution in [3.05, 3.63) is 61.3 Å². The second-order valence-electron chi connectivity index (χ2n) is 4.14. The average molecular weight is 445 g/mol. The Morgan fingerprint density at radius 1 is 1.10 bits per heavy atom. The molecule has 0 bridgehead atoms. The van der Waals surface area contributed by atoms with Gasteiger partial charge >= 0.3 is 6.18 Å². The van der Waals surface area contributed by atoms with Gasteiger partial charge in [0.2, 0.25) is 0 Å². The first-order valence-corrected chi connectivity index (χ1v) is 7.53. The lowest BCUT2D eigenvalue weighted by molar-refractivity contribution is -0.141. The third-order valence-corrected chi connectivity index (χ3v) is 4.23. The van der Waals surface area contributed by atoms with Crippen LogP contribution in [0.25, 0.3) is 0 Å². The number of aromatic nitrogens is 1. The van der Waals surface area contributed by atoms with E-state index in [-0.39, 0.29) is 10.7 Å². The van der Waals surface area contributed by atoms with Crippen LogP contribution >= 0.6 is 43.5 Å². The van der Waals surface area contributed by atoms with Gasteiger partial charge in [-0.2, -0.15) is 13.2 Å². The predicted octanol–water partition coefficient (Wildman–Crippen LogP) is 5.36. The third-order valence-electron chi connectivity index (χ3n) is 2.72. The molecule has 2 nitrogen and oxygen atoms in total. The van der Waals surface area contributed by atoms with Crippen LogP contribution in [0.3, 0.4) is 0 Å². The van der Waals surface area contributed by atoms with Gasteiger partial charge in [0.05, 0.1) is 0 Å². The number of hydrogen-bond donors (Lipinski definition) is 1. The van der Waals surface area contributed by atoms with E-state index >= 15 is 0 Å². The smallest absolute Gasteiger partial charge is 0.384 e. The van der Waals surface area contributed by atoms with E-state index in [1.165, 1.54) is 0 Å². The molecule has 0 amide bonds. The molecule has 2 rings (SSSR count). The molecule has 0 aliphatic carbocycles. The molecule has 1 unspecified atom stereocenters. The Balaban J connectivity index is 2.44. The van der Waals surface area contributed by atoms with Crippen molar-refractivity contribution in [1.82, 2.24) is 4.98 Å². The van der Waals surface area contributed by atoms with Gasteiger partial charge in [-0.3, -0.25) is 0 Å². The van der Waals surface area contributed by atoms with Gasteiger partial charge in [0.1, 0.15) is 17.0 Å². The van der Waals surface area contributed by atoms with Crippen molar-refractivity contribution in [3.8, 4) is 0 Å². The Morgan fingerprint density at radius 3 is 2.33 bits per heavy atom. The minimum atomic E-state index is -4.58. The van der Waals surface area contributed by atoms with Gasteiger partial charge < -0.3 is 5.11 Å². The average Bonchev–Trinajstić information content (AvgIpc) is 2.39. The zero-order chi connectivity index (χ0) is 15.8. The Kier molecular flexibility index (Phi) is 4.97. The second-order valence-corrected chi connectivity index (χ2v) is 6.27. The predicted molar refractivity (Wildman–Crippen MR) is 80.2 cm³/mol. The molecule has 2 aromatic rings. The summed E-state index contributed by atoms with van der Waals surface area (Å²) in [6, 6.07) is 7.01. The van der Waals surface area contributed by atoms with Crippen molar-refractivity contribution < 1.29 is 18.3 Å². The normalized spacial score (nSPS) is 13.3. The number of alkyl halides is 3. The van der Waals surface area contributed by atoms with Crippen LogP contribution in [0.1, 0.15) is 22.9 Å². The molecule has 0 radical (unpaired) electrons. The molecule has 0 aliphatic rings. The summed E-state index contributed by atoms with van der Waals surface area (Å²) in [6.45, 7) is 0. The molecule has 21 heavy (non-hydrogen) atoms. The number of nitrogens with zero attached hydrogens (tertiary/aromatic N) is 1. The quantitative estimate of drug-likeness (QED) is 0.632. The molecule has 1 aromatic carbocycles. The summed E-state index contributed by atoms with van der Waals surface area (Å²) in [5.74, 6) is 0. The van der Waals surface area contributed by atoms with Gasteiger partial charge in [0.15, 0.2) is 0 Å². The standard InChI is InChI=1S/C13H7Br2ClF3NO/c14-6-1-3-9(15)8(5-6)11(21)7-2-4-10(13(17,18)19)20-12(7)16/h1-5,11,21H. The Morgan fingerprint density at radius 2 is 1.76 bits per heavy atom. The molecule has 112 valence electrons. The van der Waals surface area contributed by atoms with Crippen molar-refractivity contribution in [2.24, 2.45) is 0 Å². The van der Waals surface area contributed by atoms with Crippen LogP contribution in [0, 0.1) is 0 Å². The van der Waals surface area contributed by atoms with Crippen LogP contribution in [-0.4, -0.2) is 10.1 Å². The number of hydrogen-bond acceptors (Lipinski definition) is 2. The summed E-state index contributed by atoms with van der Waals surface area (Å²) < 4.78 is 39.0. The molecule has 1 N–H and O–H groups in total. The number of halogens is 6. The van der Waals surface area contributed by atoms with Crippen LogP contribution in [0.5, 0.6) is 0 Å². The summed E-state index contributed by atoms with van der Waals surface area (Å²) in [5, 5.41) is 9.93. The molecule has 0 fully saturated rings. The van der Waals surface area contributed by atoms with E-state index in [1.54, 1.807) is 18.2 Å². The Hall–Kier alpha value is -0.630. The first-order valence-electron chi connectivity index (χ1n) is 5.57. The zero-order valence-corrected chi connectivity index (χ0v) is 14.1. The monoisotopic (exact) mass is 443 g/mol. The van der Waals surface area contributed by atoms with E-state index in [0.29, 0.717) is 10.0 Å². The summed E-state index contributed by atoms with van der Waals surface area (Å²) in [6.07, 6.45) is -5.78. The third kappa shape index (κ3) is 3.77. The van der Waals surface area contributed by atoms with E-state index < -0.39 is 18.0 Å². The number of pyridine rings is 1. The number of aliphatic hydroxyl groups excluding tert-OH is 1. The summed E-state index contributed by atoms with van der Waals surface area (Å²) in [4.78, 5) is 3.30. The van der Waals surface area contributed by atoms with Crippen molar-refractivity contribution in [2.75, 3.05) is 0 Å². The molecule has 1 aromatic heterocycles. The molecule has 1 atom stereocenters. The molecule has 0 saturated heterocycles. The van der Waals surface area contributed by atoms with Crippen molar-refractivity contribution in [2.45, 2.75) is 12.3 Å². The highest BCUT2D eigenvalue weighted by atomic mass is 79.9. The van der Waals surface area contributed by atoms with Crippen molar-refractivity contribution >= 4 is 43.5 Å². The second kappa shape index (κ2) is 6.24. The highest BCUT2D eigenvalue weighted by molar-refractivity contribution is 9.11. The highest BCUT2D eigenvalue weighted by Crippen LogP contribution is 2.35. The van der Waals surface area contributed by atoms with Crippen molar-refractivity contribution in [1.29, 1.82) is 0 Å². The Bertz CT molecular complexity index is 679. The SMILES string of the molecule is OC(c1cc(Br)ccc1Br)c1ccc(C(F)(F)F)nc1Cl. The largest absolute Gasteiger partial charge is 0.433 e. The first kappa shape index (κ1) is 16.7. The lowest BCUT2D eigenvalue weighted by atomic mass is 10.0. The number of benzene rings is 1. The van der Waals surface area contributed by atoms with Crippen LogP contribution < -0.4 is 0 Å². The molecule has 0 saturated carbocycles. The lowest BCUT2D eigenvalue weighted by Gasteiger charge is -2.16. The maximum Gasteiger partial charge on any atom is 0.433 e. The van der Waals surface area contributed by atoms with Gasteiger partial charge in [-0.05, 0) is 24.3 Å². The van der Waals surface area contributed by atoms with Crippen LogP contribution in [0.4, 0.5) is 13.2 Å². The Labute approximate surface area is 140 Å². The zero-order valence-electron chi connectivity index (χ0n) is 10.1. The van der Waals surface area contributed by atoms with E-state index in [9.17, 15) is 18.3 Å². The number of rotatable bonds is 2. The van der Waals surface area contributed by atoms with Gasteiger partial charge in [0, 0.05) is 20.1 Å². The lowest BCUT2D eigenvalue weighted by Crippen LogP contribution is -2.10.